The normalized spacial score (nSPS) is 13.8. The van der Waals surface area contributed by atoms with E-state index in [9.17, 15) is 8.78 Å². The molecule has 1 fully saturated rings. The third-order valence-corrected chi connectivity index (χ3v) is 6.31. The molecule has 0 aliphatic carbocycles. The van der Waals surface area contributed by atoms with Crippen LogP contribution in [0.15, 0.2) is 60.7 Å². The van der Waals surface area contributed by atoms with Crippen LogP contribution in [0.25, 0.3) is 22.3 Å². The molecular weight excluding hydrogens is 468 g/mol. The average Bonchev–Trinajstić information content (AvgIpc) is 2.88. The first-order valence-corrected chi connectivity index (χ1v) is 11.6. The molecule has 5 rings (SSSR count). The van der Waals surface area contributed by atoms with Crippen molar-refractivity contribution in [1.29, 1.82) is 0 Å². The second-order valence-corrected chi connectivity index (χ2v) is 8.62. The third-order valence-electron chi connectivity index (χ3n) is 5.90. The van der Waals surface area contributed by atoms with Crippen LogP contribution in [0.5, 0.6) is 0 Å². The summed E-state index contributed by atoms with van der Waals surface area (Å²) in [5, 5.41) is 3.89. The highest BCUT2D eigenvalue weighted by Gasteiger charge is 2.23. The Morgan fingerprint density at radius 1 is 0.857 bits per heavy atom. The number of nitrogens with zero attached hydrogens (tertiary/aromatic N) is 5. The Morgan fingerprint density at radius 3 is 2.20 bits per heavy atom. The van der Waals surface area contributed by atoms with Gasteiger partial charge in [-0.3, -0.25) is 0 Å². The van der Waals surface area contributed by atoms with Crippen LogP contribution in [-0.2, 0) is 6.54 Å². The van der Waals surface area contributed by atoms with Crippen LogP contribution in [0.3, 0.4) is 0 Å². The van der Waals surface area contributed by atoms with Crippen molar-refractivity contribution in [3.05, 3.63) is 77.9 Å². The first-order valence-electron chi connectivity index (χ1n) is 11.2. The number of piperazine rings is 1. The number of halogens is 2. The van der Waals surface area contributed by atoms with Crippen molar-refractivity contribution in [3.8, 4) is 11.3 Å². The van der Waals surface area contributed by atoms with Crippen molar-refractivity contribution < 1.29 is 8.78 Å². The minimum atomic E-state index is -0.297. The molecule has 1 saturated heterocycles. The van der Waals surface area contributed by atoms with Crippen molar-refractivity contribution in [2.45, 2.75) is 6.54 Å². The van der Waals surface area contributed by atoms with Gasteiger partial charge >= 0.3 is 0 Å². The Bertz CT molecular complexity index is 1360. The monoisotopic (exact) mass is 491 g/mol. The van der Waals surface area contributed by atoms with E-state index in [2.05, 4.69) is 25.1 Å². The minimum Gasteiger partial charge on any atom is -0.368 e. The zero-order valence-corrected chi connectivity index (χ0v) is 19.6. The van der Waals surface area contributed by atoms with Gasteiger partial charge in [0.2, 0.25) is 5.95 Å². The fraction of sp³-hybridized carbons (Fsp3) is 0.200. The van der Waals surface area contributed by atoms with Gasteiger partial charge in [0.25, 0.3) is 0 Å². The Hall–Kier alpha value is -3.92. The molecule has 0 unspecified atom stereocenters. The SMILES string of the molecule is Nc1nc(N2CCN(C(=S)NCc3ccc(F)cc3)CC2)c2nc(-c3ccc(F)cc3)ccc2n1. The molecule has 178 valence electrons. The van der Waals surface area contributed by atoms with Gasteiger partial charge in [0.1, 0.15) is 17.2 Å². The number of nitrogen functional groups attached to an aromatic ring is 1. The summed E-state index contributed by atoms with van der Waals surface area (Å²) < 4.78 is 26.5. The predicted octanol–water partition coefficient (Wildman–Crippen LogP) is 3.75. The molecule has 0 amide bonds. The largest absolute Gasteiger partial charge is 0.368 e. The van der Waals surface area contributed by atoms with E-state index in [1.54, 1.807) is 24.3 Å². The molecule has 3 N–H and O–H groups in total. The van der Waals surface area contributed by atoms with E-state index in [-0.39, 0.29) is 17.6 Å². The fourth-order valence-electron chi connectivity index (χ4n) is 4.03. The summed E-state index contributed by atoms with van der Waals surface area (Å²) in [6.45, 7) is 3.26. The van der Waals surface area contributed by atoms with Crippen LogP contribution in [0, 0.1) is 11.6 Å². The Morgan fingerprint density at radius 2 is 1.51 bits per heavy atom. The van der Waals surface area contributed by atoms with Gasteiger partial charge in [-0.2, -0.15) is 4.98 Å². The highest BCUT2D eigenvalue weighted by Crippen LogP contribution is 2.27. The summed E-state index contributed by atoms with van der Waals surface area (Å²) in [7, 11) is 0. The van der Waals surface area contributed by atoms with Crippen LogP contribution < -0.4 is 16.0 Å². The molecule has 4 aromatic rings. The summed E-state index contributed by atoms with van der Waals surface area (Å²) >= 11 is 5.57. The lowest BCUT2D eigenvalue weighted by Gasteiger charge is -2.37. The van der Waals surface area contributed by atoms with Crippen molar-refractivity contribution in [1.82, 2.24) is 25.2 Å². The number of nitrogens with one attached hydrogen (secondary N) is 1. The van der Waals surface area contributed by atoms with Gasteiger partial charge in [-0.25, -0.2) is 18.7 Å². The number of hydrogen-bond acceptors (Lipinski definition) is 6. The Kier molecular flexibility index (Phi) is 6.37. The molecule has 2 aromatic heterocycles. The van der Waals surface area contributed by atoms with Crippen molar-refractivity contribution in [3.63, 3.8) is 0 Å². The molecule has 3 heterocycles. The molecule has 0 spiro atoms. The van der Waals surface area contributed by atoms with Crippen LogP contribution in [0.1, 0.15) is 5.56 Å². The van der Waals surface area contributed by atoms with Crippen molar-refractivity contribution in [2.24, 2.45) is 0 Å². The number of rotatable bonds is 4. The van der Waals surface area contributed by atoms with E-state index in [0.29, 0.717) is 60.4 Å². The molecule has 35 heavy (non-hydrogen) atoms. The van der Waals surface area contributed by atoms with Gasteiger partial charge < -0.3 is 20.9 Å². The van der Waals surface area contributed by atoms with E-state index >= 15 is 0 Å². The van der Waals surface area contributed by atoms with Crippen LogP contribution in [0.2, 0.25) is 0 Å². The highest BCUT2D eigenvalue weighted by atomic mass is 32.1. The van der Waals surface area contributed by atoms with Crippen molar-refractivity contribution >= 4 is 40.1 Å². The number of hydrogen-bond donors (Lipinski definition) is 2. The van der Waals surface area contributed by atoms with Gasteiger partial charge in [-0.05, 0) is 66.3 Å². The predicted molar refractivity (Wildman–Crippen MR) is 137 cm³/mol. The fourth-order valence-corrected chi connectivity index (χ4v) is 4.29. The van der Waals surface area contributed by atoms with Crippen LogP contribution in [0.4, 0.5) is 20.5 Å². The average molecular weight is 492 g/mol. The van der Waals surface area contributed by atoms with E-state index in [0.717, 1.165) is 11.1 Å². The number of fused-ring (bicyclic) bond motifs is 1. The number of aromatic nitrogens is 3. The minimum absolute atomic E-state index is 0.183. The molecule has 7 nitrogen and oxygen atoms in total. The molecule has 1 aliphatic rings. The maximum absolute atomic E-state index is 13.4. The second-order valence-electron chi connectivity index (χ2n) is 8.24. The molecule has 1 aliphatic heterocycles. The smallest absolute Gasteiger partial charge is 0.222 e. The Labute approximate surface area is 206 Å². The second kappa shape index (κ2) is 9.75. The zero-order valence-electron chi connectivity index (χ0n) is 18.8. The molecule has 10 heteroatoms. The summed E-state index contributed by atoms with van der Waals surface area (Å²) in [5.41, 5.74) is 9.76. The molecular formula is C25H23F2N7S. The molecule has 0 bridgehead atoms. The lowest BCUT2D eigenvalue weighted by Crippen LogP contribution is -2.51. The van der Waals surface area contributed by atoms with Gasteiger partial charge in [-0.15, -0.1) is 0 Å². The number of anilines is 2. The zero-order chi connectivity index (χ0) is 24.4. The number of thiocarbonyl (C=S) groups is 1. The van der Waals surface area contributed by atoms with Gasteiger partial charge in [0.05, 0.1) is 11.2 Å². The van der Waals surface area contributed by atoms with E-state index in [1.807, 2.05) is 12.1 Å². The first kappa shape index (κ1) is 22.9. The van der Waals surface area contributed by atoms with Crippen LogP contribution in [-0.4, -0.2) is 51.1 Å². The van der Waals surface area contributed by atoms with E-state index < -0.39 is 0 Å². The summed E-state index contributed by atoms with van der Waals surface area (Å²) in [4.78, 5) is 17.8. The van der Waals surface area contributed by atoms with Crippen molar-refractivity contribution in [2.75, 3.05) is 36.8 Å². The lowest BCUT2D eigenvalue weighted by molar-refractivity contribution is 0.379. The molecule has 0 saturated carbocycles. The number of pyridine rings is 1. The standard InChI is InChI=1S/C25H23F2N7S/c26-18-5-1-16(2-6-18)15-29-25(35)34-13-11-33(12-14-34)23-22-21(31-24(28)32-23)10-9-20(30-22)17-3-7-19(27)8-4-17/h1-10H,11-15H2,(H,29,35)(H2,28,31,32). The summed E-state index contributed by atoms with van der Waals surface area (Å²) in [5.74, 6) is 0.294. The first-order chi connectivity index (χ1) is 17.0. The van der Waals surface area contributed by atoms with Gasteiger partial charge in [0, 0.05) is 38.3 Å². The molecule has 0 atom stereocenters. The summed E-state index contributed by atoms with van der Waals surface area (Å²) in [6, 6.07) is 16.3. The Balaban J connectivity index is 1.30. The highest BCUT2D eigenvalue weighted by molar-refractivity contribution is 7.80. The van der Waals surface area contributed by atoms with Gasteiger partial charge in [0.15, 0.2) is 10.9 Å². The maximum atomic E-state index is 13.4. The van der Waals surface area contributed by atoms with E-state index in [4.69, 9.17) is 22.9 Å². The third kappa shape index (κ3) is 5.12. The number of nitrogens with two attached hydrogens (primary N) is 1. The number of benzene rings is 2. The molecule has 2 aromatic carbocycles. The van der Waals surface area contributed by atoms with Crippen LogP contribution >= 0.6 is 12.2 Å². The van der Waals surface area contributed by atoms with Gasteiger partial charge in [-0.1, -0.05) is 12.1 Å². The topological polar surface area (TPSA) is 83.2 Å². The maximum Gasteiger partial charge on any atom is 0.222 e. The quantitative estimate of drug-likeness (QED) is 0.418. The lowest BCUT2D eigenvalue weighted by atomic mass is 10.1. The molecule has 0 radical (unpaired) electrons. The summed E-state index contributed by atoms with van der Waals surface area (Å²) in [6.07, 6.45) is 0. The van der Waals surface area contributed by atoms with E-state index in [1.165, 1.54) is 24.3 Å².